The van der Waals surface area contributed by atoms with Crippen molar-refractivity contribution >= 4 is 41.3 Å². The summed E-state index contributed by atoms with van der Waals surface area (Å²) in [5.74, 6) is -13.6. The fourth-order valence-corrected chi connectivity index (χ4v) is 5.29. The number of urea groups is 1. The number of carbonyl (C=O) groups excluding carboxylic acids is 6. The summed E-state index contributed by atoms with van der Waals surface area (Å²) < 4.78 is 29.8. The number of carboxylic acids is 1. The number of imide groups is 1. The van der Waals surface area contributed by atoms with Crippen LogP contribution in [0.3, 0.4) is 0 Å². The number of likely N-dealkylation sites (tertiary alicyclic amines) is 1. The van der Waals surface area contributed by atoms with Gasteiger partial charge in [0.15, 0.2) is 11.3 Å². The van der Waals surface area contributed by atoms with E-state index >= 15 is 0 Å². The molecule has 0 unspecified atom stereocenters. The lowest BCUT2D eigenvalue weighted by Gasteiger charge is -2.36. The van der Waals surface area contributed by atoms with Crippen LogP contribution in [0.25, 0.3) is 0 Å². The Morgan fingerprint density at radius 3 is 2.09 bits per heavy atom. The Morgan fingerprint density at radius 2 is 1.58 bits per heavy atom. The number of hydrogen-bond acceptors (Lipinski definition) is 9. The van der Waals surface area contributed by atoms with Crippen molar-refractivity contribution in [2.45, 2.75) is 77.4 Å². The minimum absolute atomic E-state index is 0.0231. The molecule has 2 aliphatic heterocycles. The number of nitrogens with zero attached hydrogens (tertiary/aromatic N) is 3. The molecular weight excluding hydrogens is 574 g/mol. The number of carbonyl (C=O) groups is 7. The molecule has 242 valence electrons. The van der Waals surface area contributed by atoms with Crippen LogP contribution in [0.15, 0.2) is 0 Å². The Labute approximate surface area is 248 Å². The number of aliphatic carboxylic acids is 1. The van der Waals surface area contributed by atoms with Crippen LogP contribution in [0.5, 0.6) is 0 Å². The highest BCUT2D eigenvalue weighted by Crippen LogP contribution is 2.30. The number of alkyl halides is 2. The molecule has 0 aromatic rings. The normalized spacial score (nSPS) is 19.9. The minimum Gasteiger partial charge on any atom is -0.480 e. The zero-order valence-corrected chi connectivity index (χ0v) is 25.2. The second-order valence-corrected chi connectivity index (χ2v) is 11.6. The van der Waals surface area contributed by atoms with Crippen LogP contribution in [0.4, 0.5) is 13.6 Å². The molecule has 0 spiro atoms. The standard InChI is InChI=1S/C27H42F2N6O8/c1-6-9-31-24(42)27(28,29)21(39)20(15(2)3)35-10-7-8-17(35)22(40)32-23(41)26(30,16(4)5)18(36)13-33-11-12-34(25(33)43)14-19(37)38/h15-17,20H,6-14,30H2,1-5H3,(H,31,42)(H,37,38)(H,32,40,41)/t17-,20-,26+/m0/s1. The topological polar surface area (TPSA) is 200 Å². The van der Waals surface area contributed by atoms with Crippen LogP contribution in [0, 0.1) is 11.8 Å². The van der Waals surface area contributed by atoms with Crippen molar-refractivity contribution in [3.8, 4) is 0 Å². The van der Waals surface area contributed by atoms with Gasteiger partial charge in [0, 0.05) is 19.6 Å². The van der Waals surface area contributed by atoms with Gasteiger partial charge in [0.1, 0.15) is 6.54 Å². The van der Waals surface area contributed by atoms with Gasteiger partial charge < -0.3 is 26.0 Å². The van der Waals surface area contributed by atoms with Crippen LogP contribution in [-0.4, -0.2) is 124 Å². The van der Waals surface area contributed by atoms with E-state index < -0.39 is 89.8 Å². The summed E-state index contributed by atoms with van der Waals surface area (Å²) in [6.07, 6.45) is 0.820. The molecule has 0 aromatic carbocycles. The number of ketones is 2. The average molecular weight is 617 g/mol. The molecule has 0 bridgehead atoms. The summed E-state index contributed by atoms with van der Waals surface area (Å²) in [6.45, 7) is 6.50. The Kier molecular flexibility index (Phi) is 11.9. The molecule has 2 rings (SSSR count). The Balaban J connectivity index is 2.22. The number of nitrogens with one attached hydrogen (secondary N) is 2. The summed E-state index contributed by atoms with van der Waals surface area (Å²) in [6, 6.07) is -3.45. The van der Waals surface area contributed by atoms with Gasteiger partial charge in [-0.05, 0) is 37.6 Å². The minimum atomic E-state index is -4.35. The molecule has 16 heteroatoms. The van der Waals surface area contributed by atoms with E-state index in [0.717, 1.165) is 9.80 Å². The highest BCUT2D eigenvalue weighted by atomic mass is 19.3. The van der Waals surface area contributed by atoms with Crippen LogP contribution >= 0.6 is 0 Å². The van der Waals surface area contributed by atoms with E-state index in [1.165, 1.54) is 32.6 Å². The lowest BCUT2D eigenvalue weighted by Crippen LogP contribution is -2.67. The van der Waals surface area contributed by atoms with E-state index in [9.17, 15) is 42.3 Å². The summed E-state index contributed by atoms with van der Waals surface area (Å²) in [4.78, 5) is 91.8. The second kappa shape index (κ2) is 14.3. The third-order valence-electron chi connectivity index (χ3n) is 7.81. The molecular formula is C27H42F2N6O8. The predicted octanol–water partition coefficient (Wildman–Crippen LogP) is -0.406. The fourth-order valence-electron chi connectivity index (χ4n) is 5.29. The van der Waals surface area contributed by atoms with Gasteiger partial charge in [-0.15, -0.1) is 0 Å². The number of amides is 5. The third kappa shape index (κ3) is 7.71. The number of Topliss-reactive ketones (excluding diaryl/α,β-unsaturated/α-hetero) is 2. The molecule has 43 heavy (non-hydrogen) atoms. The monoisotopic (exact) mass is 616 g/mol. The van der Waals surface area contributed by atoms with Crippen LogP contribution in [0.2, 0.25) is 0 Å². The van der Waals surface area contributed by atoms with Gasteiger partial charge >= 0.3 is 17.9 Å². The van der Waals surface area contributed by atoms with E-state index in [0.29, 0.717) is 12.8 Å². The highest BCUT2D eigenvalue weighted by molar-refractivity contribution is 6.16. The highest BCUT2D eigenvalue weighted by Gasteiger charge is 2.54. The van der Waals surface area contributed by atoms with Crippen molar-refractivity contribution in [1.82, 2.24) is 25.3 Å². The molecule has 14 nitrogen and oxygen atoms in total. The van der Waals surface area contributed by atoms with E-state index in [1.54, 1.807) is 6.92 Å². The second-order valence-electron chi connectivity index (χ2n) is 11.6. The molecule has 0 aromatic heterocycles. The number of carboxylic acid groups (broad SMARTS) is 1. The summed E-state index contributed by atoms with van der Waals surface area (Å²) in [7, 11) is 0. The first-order valence-corrected chi connectivity index (χ1v) is 14.3. The first-order chi connectivity index (χ1) is 19.9. The number of hydrogen-bond donors (Lipinski definition) is 4. The van der Waals surface area contributed by atoms with Gasteiger partial charge in [0.25, 0.3) is 11.8 Å². The molecule has 0 radical (unpaired) electrons. The van der Waals surface area contributed by atoms with Gasteiger partial charge in [-0.1, -0.05) is 34.6 Å². The van der Waals surface area contributed by atoms with Crippen molar-refractivity contribution in [1.29, 1.82) is 0 Å². The third-order valence-corrected chi connectivity index (χ3v) is 7.81. The van der Waals surface area contributed by atoms with E-state index in [1.807, 2.05) is 5.32 Å². The molecule has 2 fully saturated rings. The van der Waals surface area contributed by atoms with E-state index in [2.05, 4.69) is 5.32 Å². The molecule has 5 amide bonds. The van der Waals surface area contributed by atoms with Crippen molar-refractivity contribution in [3.63, 3.8) is 0 Å². The maximum atomic E-state index is 14.9. The summed E-state index contributed by atoms with van der Waals surface area (Å²) in [5.41, 5.74) is 3.98. The van der Waals surface area contributed by atoms with Gasteiger partial charge in [-0.3, -0.25) is 39.0 Å². The number of nitrogens with two attached hydrogens (primary N) is 1. The van der Waals surface area contributed by atoms with E-state index in [4.69, 9.17) is 10.8 Å². The molecule has 2 saturated heterocycles. The largest absolute Gasteiger partial charge is 0.480 e. The van der Waals surface area contributed by atoms with Crippen LogP contribution in [0.1, 0.15) is 53.9 Å². The Morgan fingerprint density at radius 1 is 1.00 bits per heavy atom. The predicted molar refractivity (Wildman–Crippen MR) is 148 cm³/mol. The van der Waals surface area contributed by atoms with Gasteiger partial charge in [0.05, 0.1) is 18.6 Å². The summed E-state index contributed by atoms with van der Waals surface area (Å²) in [5, 5.41) is 13.1. The lowest BCUT2D eigenvalue weighted by atomic mass is 9.82. The smallest absolute Gasteiger partial charge is 0.383 e. The molecule has 5 N–H and O–H groups in total. The Bertz CT molecular complexity index is 1130. The van der Waals surface area contributed by atoms with Crippen LogP contribution in [-0.2, 0) is 28.8 Å². The van der Waals surface area contributed by atoms with Crippen molar-refractivity contribution in [3.05, 3.63) is 0 Å². The lowest BCUT2D eigenvalue weighted by molar-refractivity contribution is -0.163. The molecule has 3 atom stereocenters. The van der Waals surface area contributed by atoms with Gasteiger partial charge in [-0.2, -0.15) is 8.78 Å². The molecule has 0 saturated carbocycles. The van der Waals surface area contributed by atoms with Gasteiger partial charge in [0.2, 0.25) is 11.7 Å². The first kappa shape index (κ1) is 35.7. The van der Waals surface area contributed by atoms with Crippen molar-refractivity contribution in [2.24, 2.45) is 17.6 Å². The molecule has 2 heterocycles. The zero-order valence-electron chi connectivity index (χ0n) is 25.2. The van der Waals surface area contributed by atoms with E-state index in [-0.39, 0.29) is 32.6 Å². The number of halogens is 2. The maximum Gasteiger partial charge on any atom is 0.383 e. The Hall–Kier alpha value is -3.53. The van der Waals surface area contributed by atoms with Gasteiger partial charge in [-0.25, -0.2) is 4.79 Å². The first-order valence-electron chi connectivity index (χ1n) is 14.3. The maximum absolute atomic E-state index is 14.9. The zero-order chi connectivity index (χ0) is 32.9. The van der Waals surface area contributed by atoms with Crippen molar-refractivity contribution < 1.29 is 47.4 Å². The molecule has 2 aliphatic rings. The fraction of sp³-hybridized carbons (Fsp3) is 0.741. The SMILES string of the molecule is CCCNC(=O)C(F)(F)C(=O)[C@H](C(C)C)N1CCC[C@H]1C(=O)NC(=O)[C@](N)(C(=O)CN1CCN(CC(=O)O)C1=O)C(C)C. The number of rotatable bonds is 15. The van der Waals surface area contributed by atoms with Crippen LogP contribution < -0.4 is 16.4 Å². The quantitative estimate of drug-likeness (QED) is 0.175. The average Bonchev–Trinajstić information content (AvgIpc) is 3.53. The van der Waals surface area contributed by atoms with Crippen molar-refractivity contribution in [2.75, 3.05) is 39.3 Å². The summed E-state index contributed by atoms with van der Waals surface area (Å²) >= 11 is 0. The molecule has 0 aliphatic carbocycles.